The zero-order chi connectivity index (χ0) is 17.9. The van der Waals surface area contributed by atoms with Crippen molar-refractivity contribution in [3.8, 4) is 0 Å². The first-order valence-electron chi connectivity index (χ1n) is 8.39. The van der Waals surface area contributed by atoms with Crippen LogP contribution >= 0.6 is 0 Å². The maximum atomic E-state index is 6.47. The third-order valence-electron chi connectivity index (χ3n) is 4.60. The van der Waals surface area contributed by atoms with Crippen LogP contribution in [0.4, 0.5) is 11.4 Å². The number of ether oxygens (including phenoxy) is 1. The maximum absolute atomic E-state index is 6.47. The molecule has 1 atom stereocenters. The molecule has 128 valence electrons. The van der Waals surface area contributed by atoms with E-state index in [0.717, 1.165) is 33.6 Å². The van der Waals surface area contributed by atoms with Gasteiger partial charge in [-0.15, -0.1) is 0 Å². The zero-order valence-electron chi connectivity index (χ0n) is 14.7. The van der Waals surface area contributed by atoms with E-state index in [0.29, 0.717) is 6.61 Å². The predicted octanol–water partition coefficient (Wildman–Crippen LogP) is 4.64. The second kappa shape index (κ2) is 6.99. The summed E-state index contributed by atoms with van der Waals surface area (Å²) in [6.07, 6.45) is 0. The van der Waals surface area contributed by atoms with Gasteiger partial charge in [0, 0.05) is 11.4 Å². The van der Waals surface area contributed by atoms with Crippen molar-refractivity contribution in [2.75, 3.05) is 11.5 Å². The van der Waals surface area contributed by atoms with Crippen molar-refractivity contribution in [3.05, 3.63) is 95.1 Å². The second-order valence-electron chi connectivity index (χ2n) is 6.50. The van der Waals surface area contributed by atoms with Crippen molar-refractivity contribution in [2.45, 2.75) is 26.1 Å². The van der Waals surface area contributed by atoms with Gasteiger partial charge in [-0.05, 0) is 60.4 Å². The fourth-order valence-corrected chi connectivity index (χ4v) is 3.14. The fourth-order valence-electron chi connectivity index (χ4n) is 3.14. The SMILES string of the molecule is Cc1cc(N)ccc1C(C)(OCc1ccccc1)c1ccc(N)cc1. The van der Waals surface area contributed by atoms with Crippen LogP contribution in [0.2, 0.25) is 0 Å². The smallest absolute Gasteiger partial charge is 0.116 e. The summed E-state index contributed by atoms with van der Waals surface area (Å²) < 4.78 is 6.47. The van der Waals surface area contributed by atoms with Crippen molar-refractivity contribution in [3.63, 3.8) is 0 Å². The molecule has 0 aromatic heterocycles. The highest BCUT2D eigenvalue weighted by atomic mass is 16.5. The molecule has 0 bridgehead atoms. The topological polar surface area (TPSA) is 61.3 Å². The maximum Gasteiger partial charge on any atom is 0.116 e. The monoisotopic (exact) mass is 332 g/mol. The largest absolute Gasteiger partial charge is 0.399 e. The van der Waals surface area contributed by atoms with Crippen molar-refractivity contribution in [1.82, 2.24) is 0 Å². The first-order chi connectivity index (χ1) is 12.0. The van der Waals surface area contributed by atoms with Gasteiger partial charge in [0.05, 0.1) is 6.61 Å². The average molecular weight is 332 g/mol. The Bertz CT molecular complexity index is 844. The van der Waals surface area contributed by atoms with Gasteiger partial charge in [-0.25, -0.2) is 0 Å². The lowest BCUT2D eigenvalue weighted by molar-refractivity contribution is -0.0168. The molecule has 0 saturated carbocycles. The number of rotatable bonds is 5. The van der Waals surface area contributed by atoms with E-state index in [4.69, 9.17) is 16.2 Å². The Morgan fingerprint density at radius 2 is 1.48 bits per heavy atom. The number of aryl methyl sites for hydroxylation is 1. The molecule has 0 fully saturated rings. The normalized spacial score (nSPS) is 13.4. The lowest BCUT2D eigenvalue weighted by atomic mass is 9.85. The molecule has 0 aliphatic heterocycles. The first kappa shape index (κ1) is 17.1. The summed E-state index contributed by atoms with van der Waals surface area (Å²) in [4.78, 5) is 0. The molecule has 0 aliphatic carbocycles. The van der Waals surface area contributed by atoms with E-state index < -0.39 is 5.60 Å². The van der Waals surface area contributed by atoms with Crippen LogP contribution in [0.1, 0.15) is 29.2 Å². The van der Waals surface area contributed by atoms with E-state index in [1.54, 1.807) is 0 Å². The zero-order valence-corrected chi connectivity index (χ0v) is 14.7. The van der Waals surface area contributed by atoms with Crippen LogP contribution in [0.3, 0.4) is 0 Å². The highest BCUT2D eigenvalue weighted by Gasteiger charge is 2.31. The molecule has 0 saturated heterocycles. The summed E-state index contributed by atoms with van der Waals surface area (Å²) in [5, 5.41) is 0. The highest BCUT2D eigenvalue weighted by Crippen LogP contribution is 2.37. The average Bonchev–Trinajstić information content (AvgIpc) is 2.61. The van der Waals surface area contributed by atoms with Gasteiger partial charge in [0.1, 0.15) is 5.60 Å². The molecule has 0 amide bonds. The van der Waals surface area contributed by atoms with E-state index in [9.17, 15) is 0 Å². The van der Waals surface area contributed by atoms with Crippen molar-refractivity contribution < 1.29 is 4.74 Å². The molecule has 3 heteroatoms. The fraction of sp³-hybridized carbons (Fsp3) is 0.182. The molecule has 0 radical (unpaired) electrons. The van der Waals surface area contributed by atoms with Crippen molar-refractivity contribution in [2.24, 2.45) is 0 Å². The highest BCUT2D eigenvalue weighted by molar-refractivity contribution is 5.50. The number of hydrogen-bond acceptors (Lipinski definition) is 3. The van der Waals surface area contributed by atoms with Crippen LogP contribution in [0, 0.1) is 6.92 Å². The van der Waals surface area contributed by atoms with Crippen LogP contribution in [-0.4, -0.2) is 0 Å². The van der Waals surface area contributed by atoms with Crippen LogP contribution in [-0.2, 0) is 16.9 Å². The van der Waals surface area contributed by atoms with Gasteiger partial charge in [0.15, 0.2) is 0 Å². The first-order valence-corrected chi connectivity index (χ1v) is 8.39. The Kier molecular flexibility index (Phi) is 4.77. The van der Waals surface area contributed by atoms with Gasteiger partial charge in [-0.3, -0.25) is 0 Å². The molecule has 25 heavy (non-hydrogen) atoms. The molecule has 3 nitrogen and oxygen atoms in total. The number of benzene rings is 3. The minimum Gasteiger partial charge on any atom is -0.399 e. The lowest BCUT2D eigenvalue weighted by Crippen LogP contribution is -2.28. The molecule has 0 aliphatic rings. The molecule has 4 N–H and O–H groups in total. The number of anilines is 2. The van der Waals surface area contributed by atoms with Gasteiger partial charge in [-0.1, -0.05) is 48.5 Å². The van der Waals surface area contributed by atoms with Gasteiger partial charge >= 0.3 is 0 Å². The number of nitrogen functional groups attached to an aromatic ring is 2. The minimum atomic E-state index is -0.596. The predicted molar refractivity (Wildman–Crippen MR) is 104 cm³/mol. The Morgan fingerprint density at radius 3 is 2.12 bits per heavy atom. The molecule has 0 spiro atoms. The molecular weight excluding hydrogens is 308 g/mol. The Hall–Kier alpha value is -2.78. The third-order valence-corrected chi connectivity index (χ3v) is 4.60. The van der Waals surface area contributed by atoms with E-state index in [1.807, 2.05) is 60.7 Å². The summed E-state index contributed by atoms with van der Waals surface area (Å²) in [7, 11) is 0. The van der Waals surface area contributed by atoms with E-state index in [1.165, 1.54) is 0 Å². The summed E-state index contributed by atoms with van der Waals surface area (Å²) in [6, 6.07) is 24.0. The Morgan fingerprint density at radius 1 is 0.840 bits per heavy atom. The van der Waals surface area contributed by atoms with Crippen molar-refractivity contribution in [1.29, 1.82) is 0 Å². The molecule has 3 aromatic rings. The lowest BCUT2D eigenvalue weighted by Gasteiger charge is -2.33. The second-order valence-corrected chi connectivity index (χ2v) is 6.50. The summed E-state index contributed by atoms with van der Waals surface area (Å²) in [5.74, 6) is 0. The van der Waals surface area contributed by atoms with Gasteiger partial charge < -0.3 is 16.2 Å². The van der Waals surface area contributed by atoms with E-state index >= 15 is 0 Å². The minimum absolute atomic E-state index is 0.519. The van der Waals surface area contributed by atoms with Gasteiger partial charge in [0.2, 0.25) is 0 Å². The van der Waals surface area contributed by atoms with Gasteiger partial charge in [-0.2, -0.15) is 0 Å². The molecule has 1 unspecified atom stereocenters. The molecule has 3 aromatic carbocycles. The van der Waals surface area contributed by atoms with Crippen LogP contribution < -0.4 is 11.5 Å². The molecule has 3 rings (SSSR count). The standard InChI is InChI=1S/C22H24N2O/c1-16-14-20(24)12-13-21(16)22(2,18-8-10-19(23)11-9-18)25-15-17-6-4-3-5-7-17/h3-14H,15,23-24H2,1-2H3. The van der Waals surface area contributed by atoms with Crippen LogP contribution in [0.25, 0.3) is 0 Å². The third kappa shape index (κ3) is 3.67. The number of nitrogens with two attached hydrogens (primary N) is 2. The van der Waals surface area contributed by atoms with E-state index in [-0.39, 0.29) is 0 Å². The summed E-state index contributed by atoms with van der Waals surface area (Å²) >= 11 is 0. The summed E-state index contributed by atoms with van der Waals surface area (Å²) in [5.41, 5.74) is 17.1. The van der Waals surface area contributed by atoms with Crippen LogP contribution in [0.5, 0.6) is 0 Å². The van der Waals surface area contributed by atoms with Crippen molar-refractivity contribution >= 4 is 11.4 Å². The number of hydrogen-bond donors (Lipinski definition) is 2. The Labute approximate surface area is 149 Å². The molecular formula is C22H24N2O. The molecule has 0 heterocycles. The van der Waals surface area contributed by atoms with Crippen LogP contribution in [0.15, 0.2) is 72.8 Å². The van der Waals surface area contributed by atoms with E-state index in [2.05, 4.69) is 26.0 Å². The summed E-state index contributed by atoms with van der Waals surface area (Å²) in [6.45, 7) is 4.68. The van der Waals surface area contributed by atoms with Gasteiger partial charge in [0.25, 0.3) is 0 Å². The Balaban J connectivity index is 2.02. The quantitative estimate of drug-likeness (QED) is 0.669.